The Morgan fingerprint density at radius 2 is 2.40 bits per heavy atom. The summed E-state index contributed by atoms with van der Waals surface area (Å²) in [5.41, 5.74) is 0.155. The Bertz CT molecular complexity index is 160. The van der Waals surface area contributed by atoms with Crippen LogP contribution in [0.25, 0.3) is 0 Å². The molecule has 0 fully saturated rings. The molecule has 0 aromatic heterocycles. The molecule has 2 atom stereocenters. The van der Waals surface area contributed by atoms with E-state index in [1.165, 1.54) is 0 Å². The summed E-state index contributed by atoms with van der Waals surface area (Å²) in [6, 6.07) is 0. The summed E-state index contributed by atoms with van der Waals surface area (Å²) in [5.74, 6) is 0.172. The molecule has 2 unspecified atom stereocenters. The van der Waals surface area contributed by atoms with Crippen LogP contribution in [-0.4, -0.2) is 6.29 Å². The zero-order chi connectivity index (χ0) is 7.61. The molecule has 0 spiro atoms. The Morgan fingerprint density at radius 1 is 1.70 bits per heavy atom. The van der Waals surface area contributed by atoms with Gasteiger partial charge in [0.25, 0.3) is 0 Å². The number of aldehydes is 1. The predicted molar refractivity (Wildman–Crippen MR) is 41.7 cm³/mol. The van der Waals surface area contributed by atoms with Crippen molar-refractivity contribution in [2.45, 2.75) is 26.7 Å². The second-order valence-electron chi connectivity index (χ2n) is 3.37. The first-order valence-corrected chi connectivity index (χ1v) is 3.82. The molecule has 56 valence electrons. The number of hydrogen-bond acceptors (Lipinski definition) is 1. The molecule has 10 heavy (non-hydrogen) atoms. The van der Waals surface area contributed by atoms with E-state index in [0.717, 1.165) is 19.1 Å². The lowest BCUT2D eigenvalue weighted by Gasteiger charge is -2.24. The molecule has 0 radical (unpaired) electrons. The van der Waals surface area contributed by atoms with Crippen molar-refractivity contribution < 1.29 is 4.79 Å². The van der Waals surface area contributed by atoms with Crippen molar-refractivity contribution in [3.8, 4) is 0 Å². The van der Waals surface area contributed by atoms with Crippen molar-refractivity contribution in [3.63, 3.8) is 0 Å². The van der Waals surface area contributed by atoms with Gasteiger partial charge in [0.05, 0.1) is 0 Å². The maximum absolute atomic E-state index is 10.5. The Labute approximate surface area is 62.1 Å². The number of carbonyl (C=O) groups is 1. The molecule has 0 saturated carbocycles. The second-order valence-corrected chi connectivity index (χ2v) is 3.37. The molecule has 0 aliphatic heterocycles. The van der Waals surface area contributed by atoms with Gasteiger partial charge in [0.2, 0.25) is 0 Å². The van der Waals surface area contributed by atoms with Crippen LogP contribution in [0.15, 0.2) is 12.2 Å². The van der Waals surface area contributed by atoms with E-state index >= 15 is 0 Å². The van der Waals surface area contributed by atoms with Gasteiger partial charge in [-0.25, -0.2) is 0 Å². The van der Waals surface area contributed by atoms with E-state index in [0.29, 0.717) is 0 Å². The Hall–Kier alpha value is -0.590. The van der Waals surface area contributed by atoms with E-state index in [4.69, 9.17) is 0 Å². The summed E-state index contributed by atoms with van der Waals surface area (Å²) in [6.45, 7) is 4.14. The fraction of sp³-hybridized carbons (Fsp3) is 0.667. The van der Waals surface area contributed by atoms with Gasteiger partial charge in [-0.05, 0) is 18.3 Å². The SMILES string of the molecule is CC(C=O)C1(C)C=CCC1. The minimum Gasteiger partial charge on any atom is -0.303 e. The first kappa shape index (κ1) is 7.52. The molecule has 1 heteroatoms. The summed E-state index contributed by atoms with van der Waals surface area (Å²) < 4.78 is 0. The summed E-state index contributed by atoms with van der Waals surface area (Å²) in [7, 11) is 0. The quantitative estimate of drug-likeness (QED) is 0.422. The molecular formula is C9H14O. The predicted octanol–water partition coefficient (Wildman–Crippen LogP) is 2.18. The van der Waals surface area contributed by atoms with E-state index in [2.05, 4.69) is 19.1 Å². The molecule has 0 aromatic rings. The zero-order valence-corrected chi connectivity index (χ0v) is 6.63. The maximum Gasteiger partial charge on any atom is 0.123 e. The lowest BCUT2D eigenvalue weighted by atomic mass is 9.79. The third-order valence-electron chi connectivity index (χ3n) is 2.59. The van der Waals surface area contributed by atoms with Gasteiger partial charge >= 0.3 is 0 Å². The number of rotatable bonds is 2. The first-order valence-electron chi connectivity index (χ1n) is 3.82. The lowest BCUT2D eigenvalue weighted by molar-refractivity contribution is -0.112. The number of carbonyl (C=O) groups excluding carboxylic acids is 1. The molecule has 1 nitrogen and oxygen atoms in total. The topological polar surface area (TPSA) is 17.1 Å². The molecule has 1 aliphatic carbocycles. The summed E-state index contributed by atoms with van der Waals surface area (Å²) in [5, 5.41) is 0. The van der Waals surface area contributed by atoms with Crippen LogP contribution >= 0.6 is 0 Å². The van der Waals surface area contributed by atoms with Crippen LogP contribution in [0.1, 0.15) is 26.7 Å². The molecule has 0 heterocycles. The summed E-state index contributed by atoms with van der Waals surface area (Å²) in [4.78, 5) is 10.5. The first-order chi connectivity index (χ1) is 4.69. The molecule has 0 amide bonds. The van der Waals surface area contributed by atoms with Crippen molar-refractivity contribution in [2.24, 2.45) is 11.3 Å². The molecule has 0 N–H and O–H groups in total. The normalized spacial score (nSPS) is 34.2. The van der Waals surface area contributed by atoms with Crippen LogP contribution in [0.4, 0.5) is 0 Å². The van der Waals surface area contributed by atoms with Crippen molar-refractivity contribution in [1.29, 1.82) is 0 Å². The molecule has 1 rings (SSSR count). The third-order valence-corrected chi connectivity index (χ3v) is 2.59. The Balaban J connectivity index is 2.67. The highest BCUT2D eigenvalue weighted by atomic mass is 16.1. The van der Waals surface area contributed by atoms with Crippen LogP contribution in [-0.2, 0) is 4.79 Å². The lowest BCUT2D eigenvalue weighted by Crippen LogP contribution is -2.21. The Morgan fingerprint density at radius 3 is 2.80 bits per heavy atom. The average Bonchev–Trinajstić information content (AvgIpc) is 2.36. The number of hydrogen-bond donors (Lipinski definition) is 0. The van der Waals surface area contributed by atoms with E-state index in [1.807, 2.05) is 6.92 Å². The third kappa shape index (κ3) is 1.13. The van der Waals surface area contributed by atoms with Gasteiger partial charge in [0.1, 0.15) is 6.29 Å². The van der Waals surface area contributed by atoms with Crippen LogP contribution < -0.4 is 0 Å². The minimum absolute atomic E-state index is 0.155. The van der Waals surface area contributed by atoms with Gasteiger partial charge in [-0.2, -0.15) is 0 Å². The van der Waals surface area contributed by atoms with Gasteiger partial charge in [-0.15, -0.1) is 0 Å². The Kier molecular flexibility index (Phi) is 1.93. The second kappa shape index (κ2) is 2.57. The van der Waals surface area contributed by atoms with Crippen molar-refractivity contribution in [2.75, 3.05) is 0 Å². The fourth-order valence-corrected chi connectivity index (χ4v) is 1.37. The van der Waals surface area contributed by atoms with E-state index in [-0.39, 0.29) is 11.3 Å². The minimum atomic E-state index is 0.155. The summed E-state index contributed by atoms with van der Waals surface area (Å²) in [6.07, 6.45) is 7.66. The van der Waals surface area contributed by atoms with Crippen LogP contribution in [0, 0.1) is 11.3 Å². The van der Waals surface area contributed by atoms with Crippen LogP contribution in [0.2, 0.25) is 0 Å². The van der Waals surface area contributed by atoms with Crippen molar-refractivity contribution in [1.82, 2.24) is 0 Å². The van der Waals surface area contributed by atoms with E-state index in [9.17, 15) is 4.79 Å². The van der Waals surface area contributed by atoms with Crippen LogP contribution in [0.3, 0.4) is 0 Å². The van der Waals surface area contributed by atoms with Gasteiger partial charge in [0.15, 0.2) is 0 Å². The zero-order valence-electron chi connectivity index (χ0n) is 6.63. The highest BCUT2D eigenvalue weighted by Crippen LogP contribution is 2.37. The highest BCUT2D eigenvalue weighted by molar-refractivity contribution is 5.55. The maximum atomic E-state index is 10.5. The highest BCUT2D eigenvalue weighted by Gasteiger charge is 2.29. The van der Waals surface area contributed by atoms with Gasteiger partial charge in [-0.1, -0.05) is 26.0 Å². The van der Waals surface area contributed by atoms with Crippen LogP contribution in [0.5, 0.6) is 0 Å². The monoisotopic (exact) mass is 138 g/mol. The average molecular weight is 138 g/mol. The summed E-state index contributed by atoms with van der Waals surface area (Å²) >= 11 is 0. The molecule has 1 aliphatic rings. The smallest absolute Gasteiger partial charge is 0.123 e. The molecule has 0 bridgehead atoms. The molecule has 0 saturated heterocycles. The molecule has 0 aromatic carbocycles. The van der Waals surface area contributed by atoms with Crippen molar-refractivity contribution >= 4 is 6.29 Å². The van der Waals surface area contributed by atoms with Gasteiger partial charge in [0, 0.05) is 5.92 Å². The van der Waals surface area contributed by atoms with Gasteiger partial charge < -0.3 is 4.79 Å². The standard InChI is InChI=1S/C9H14O/c1-8(7-10)9(2)5-3-4-6-9/h3,5,7-8H,4,6H2,1-2H3. The fourth-order valence-electron chi connectivity index (χ4n) is 1.37. The van der Waals surface area contributed by atoms with E-state index in [1.54, 1.807) is 0 Å². The van der Waals surface area contributed by atoms with Gasteiger partial charge in [-0.3, -0.25) is 0 Å². The molecular weight excluding hydrogens is 124 g/mol. The largest absolute Gasteiger partial charge is 0.303 e. The number of allylic oxidation sites excluding steroid dienone is 2. The van der Waals surface area contributed by atoms with E-state index < -0.39 is 0 Å². The van der Waals surface area contributed by atoms with Crippen molar-refractivity contribution in [3.05, 3.63) is 12.2 Å².